The number of carbonyl (C=O) groups is 1. The zero-order valence-electron chi connectivity index (χ0n) is 14.5. The topological polar surface area (TPSA) is 75.1 Å². The summed E-state index contributed by atoms with van der Waals surface area (Å²) in [6, 6.07) is 20.0. The molecule has 5 heteroatoms. The molecule has 0 spiro atoms. The number of hydrogen-bond acceptors (Lipinski definition) is 4. The minimum absolute atomic E-state index is 0.162. The smallest absolute Gasteiger partial charge is 0.252 e. The molecule has 132 valence electrons. The second kappa shape index (κ2) is 7.25. The van der Waals surface area contributed by atoms with E-state index in [1.54, 1.807) is 36.7 Å². The van der Waals surface area contributed by atoms with Gasteiger partial charge in [0.2, 0.25) is 0 Å². The fourth-order valence-corrected chi connectivity index (χ4v) is 2.96. The Bertz CT molecular complexity index is 1110. The Morgan fingerprint density at radius 3 is 2.52 bits per heavy atom. The van der Waals surface area contributed by atoms with Crippen molar-refractivity contribution in [1.82, 2.24) is 15.3 Å². The zero-order valence-corrected chi connectivity index (χ0v) is 14.5. The van der Waals surface area contributed by atoms with Gasteiger partial charge in [0.25, 0.3) is 5.91 Å². The maximum Gasteiger partial charge on any atom is 0.252 e. The van der Waals surface area contributed by atoms with E-state index in [-0.39, 0.29) is 18.2 Å². The number of amides is 1. The monoisotopic (exact) mass is 355 g/mol. The maximum atomic E-state index is 12.9. The number of phenols is 1. The van der Waals surface area contributed by atoms with Gasteiger partial charge < -0.3 is 10.4 Å². The normalized spacial score (nSPS) is 10.7. The van der Waals surface area contributed by atoms with Crippen molar-refractivity contribution >= 4 is 16.8 Å². The Morgan fingerprint density at radius 2 is 1.70 bits per heavy atom. The van der Waals surface area contributed by atoms with Gasteiger partial charge in [-0.2, -0.15) is 0 Å². The average molecular weight is 355 g/mol. The molecule has 0 atom stereocenters. The number of benzene rings is 2. The predicted octanol–water partition coefficient (Wildman–Crippen LogP) is 3.93. The summed E-state index contributed by atoms with van der Waals surface area (Å²) in [7, 11) is 0. The fourth-order valence-electron chi connectivity index (χ4n) is 2.96. The molecule has 2 aromatic carbocycles. The van der Waals surface area contributed by atoms with Crippen LogP contribution in [-0.4, -0.2) is 21.0 Å². The summed E-state index contributed by atoms with van der Waals surface area (Å²) in [5.41, 5.74) is 3.57. The number of nitrogens with one attached hydrogen (secondary N) is 1. The highest BCUT2D eigenvalue weighted by molar-refractivity contribution is 6.07. The number of pyridine rings is 2. The van der Waals surface area contributed by atoms with E-state index >= 15 is 0 Å². The van der Waals surface area contributed by atoms with Crippen molar-refractivity contribution in [3.05, 3.63) is 90.3 Å². The third-order valence-corrected chi connectivity index (χ3v) is 4.37. The molecule has 2 aromatic heterocycles. The van der Waals surface area contributed by atoms with Crippen molar-refractivity contribution in [2.75, 3.05) is 0 Å². The Labute approximate surface area is 156 Å². The minimum atomic E-state index is -0.216. The second-order valence-corrected chi connectivity index (χ2v) is 6.12. The van der Waals surface area contributed by atoms with E-state index in [0.717, 1.165) is 16.5 Å². The lowest BCUT2D eigenvalue weighted by Crippen LogP contribution is -2.23. The molecule has 0 fully saturated rings. The van der Waals surface area contributed by atoms with E-state index < -0.39 is 0 Å². The molecule has 4 rings (SSSR count). The molecule has 1 amide bonds. The summed E-state index contributed by atoms with van der Waals surface area (Å²) in [5.74, 6) is -0.0537. The van der Waals surface area contributed by atoms with Gasteiger partial charge in [-0.3, -0.25) is 9.78 Å². The van der Waals surface area contributed by atoms with Gasteiger partial charge in [-0.1, -0.05) is 36.4 Å². The largest absolute Gasteiger partial charge is 0.508 e. The highest BCUT2D eigenvalue weighted by Crippen LogP contribution is 2.25. The molecule has 0 radical (unpaired) electrons. The van der Waals surface area contributed by atoms with Crippen molar-refractivity contribution < 1.29 is 9.90 Å². The molecule has 27 heavy (non-hydrogen) atoms. The van der Waals surface area contributed by atoms with E-state index in [4.69, 9.17) is 0 Å². The second-order valence-electron chi connectivity index (χ2n) is 6.12. The van der Waals surface area contributed by atoms with Gasteiger partial charge in [0.1, 0.15) is 5.75 Å². The summed E-state index contributed by atoms with van der Waals surface area (Å²) < 4.78 is 0. The van der Waals surface area contributed by atoms with Crippen LogP contribution >= 0.6 is 0 Å². The summed E-state index contributed by atoms with van der Waals surface area (Å²) in [4.78, 5) is 21.6. The first-order chi connectivity index (χ1) is 13.2. The molecule has 0 unspecified atom stereocenters. The van der Waals surface area contributed by atoms with Crippen LogP contribution in [-0.2, 0) is 6.54 Å². The molecule has 0 bridgehead atoms. The number of rotatable bonds is 4. The number of para-hydroxylation sites is 2. The van der Waals surface area contributed by atoms with Crippen molar-refractivity contribution in [2.45, 2.75) is 6.54 Å². The number of hydrogen-bond donors (Lipinski definition) is 2. The van der Waals surface area contributed by atoms with E-state index in [2.05, 4.69) is 15.3 Å². The van der Waals surface area contributed by atoms with Crippen LogP contribution in [0.4, 0.5) is 0 Å². The van der Waals surface area contributed by atoms with Crippen molar-refractivity contribution in [3.8, 4) is 17.0 Å². The van der Waals surface area contributed by atoms with Crippen LogP contribution in [0.1, 0.15) is 15.9 Å². The highest BCUT2D eigenvalue weighted by Gasteiger charge is 2.14. The van der Waals surface area contributed by atoms with Crippen LogP contribution < -0.4 is 5.32 Å². The Balaban J connectivity index is 1.71. The van der Waals surface area contributed by atoms with Crippen LogP contribution in [0.25, 0.3) is 22.2 Å². The van der Waals surface area contributed by atoms with Gasteiger partial charge >= 0.3 is 0 Å². The van der Waals surface area contributed by atoms with Gasteiger partial charge in [0.05, 0.1) is 16.8 Å². The summed E-state index contributed by atoms with van der Waals surface area (Å²) >= 11 is 0. The molecule has 0 saturated heterocycles. The standard InChI is InChI=1S/C22H17N3O2/c26-21-8-4-1-5-16(21)14-24-22(27)18-13-20(15-9-11-23-12-10-15)25-19-7-3-2-6-17(18)19/h1-13,26H,14H2,(H,24,27). The molecule has 2 heterocycles. The van der Waals surface area contributed by atoms with Crippen LogP contribution in [0.3, 0.4) is 0 Å². The molecule has 0 aliphatic heterocycles. The van der Waals surface area contributed by atoms with Crippen LogP contribution in [0.5, 0.6) is 5.75 Å². The van der Waals surface area contributed by atoms with Gasteiger partial charge in [-0.05, 0) is 30.3 Å². The number of nitrogens with zero attached hydrogens (tertiary/aromatic N) is 2. The predicted molar refractivity (Wildman–Crippen MR) is 104 cm³/mol. The Morgan fingerprint density at radius 1 is 0.963 bits per heavy atom. The number of phenolic OH excluding ortho intramolecular Hbond substituents is 1. The Hall–Kier alpha value is -3.73. The van der Waals surface area contributed by atoms with Crippen molar-refractivity contribution in [2.24, 2.45) is 0 Å². The van der Waals surface area contributed by atoms with Gasteiger partial charge in [-0.15, -0.1) is 0 Å². The zero-order chi connectivity index (χ0) is 18.6. The molecule has 0 saturated carbocycles. The maximum absolute atomic E-state index is 12.9. The quantitative estimate of drug-likeness (QED) is 0.582. The van der Waals surface area contributed by atoms with Gasteiger partial charge in [0.15, 0.2) is 0 Å². The SMILES string of the molecule is O=C(NCc1ccccc1O)c1cc(-c2ccncc2)nc2ccccc12. The van der Waals surface area contributed by atoms with Gasteiger partial charge in [-0.25, -0.2) is 4.98 Å². The van der Waals surface area contributed by atoms with Gasteiger partial charge in [0, 0.05) is 35.5 Å². The van der Waals surface area contributed by atoms with Crippen molar-refractivity contribution in [1.29, 1.82) is 0 Å². The van der Waals surface area contributed by atoms with E-state index in [1.165, 1.54) is 0 Å². The molecule has 2 N–H and O–H groups in total. The number of carbonyl (C=O) groups excluding carboxylic acids is 1. The molecule has 0 aliphatic carbocycles. The number of fused-ring (bicyclic) bond motifs is 1. The summed E-state index contributed by atoms with van der Waals surface area (Å²) in [5, 5.41) is 13.6. The fraction of sp³-hybridized carbons (Fsp3) is 0.0455. The molecular weight excluding hydrogens is 338 g/mol. The molecule has 4 aromatic rings. The molecule has 0 aliphatic rings. The lowest BCUT2D eigenvalue weighted by molar-refractivity contribution is 0.0952. The third-order valence-electron chi connectivity index (χ3n) is 4.37. The molecular formula is C22H17N3O2. The van der Waals surface area contributed by atoms with E-state index in [1.807, 2.05) is 42.5 Å². The summed E-state index contributed by atoms with van der Waals surface area (Å²) in [6.45, 7) is 0.243. The van der Waals surface area contributed by atoms with Crippen molar-refractivity contribution in [3.63, 3.8) is 0 Å². The minimum Gasteiger partial charge on any atom is -0.508 e. The first-order valence-corrected chi connectivity index (χ1v) is 8.57. The number of aromatic nitrogens is 2. The lowest BCUT2D eigenvalue weighted by Gasteiger charge is -2.11. The average Bonchev–Trinajstić information content (AvgIpc) is 2.73. The van der Waals surface area contributed by atoms with E-state index in [0.29, 0.717) is 16.8 Å². The first kappa shape index (κ1) is 16.7. The van der Waals surface area contributed by atoms with Crippen LogP contribution in [0.2, 0.25) is 0 Å². The first-order valence-electron chi connectivity index (χ1n) is 8.57. The Kier molecular flexibility index (Phi) is 4.49. The summed E-state index contributed by atoms with van der Waals surface area (Å²) in [6.07, 6.45) is 3.40. The van der Waals surface area contributed by atoms with Crippen LogP contribution in [0, 0.1) is 0 Å². The van der Waals surface area contributed by atoms with E-state index in [9.17, 15) is 9.90 Å². The third kappa shape index (κ3) is 3.48. The molecule has 5 nitrogen and oxygen atoms in total. The highest BCUT2D eigenvalue weighted by atomic mass is 16.3. The number of aromatic hydroxyl groups is 1. The lowest BCUT2D eigenvalue weighted by atomic mass is 10.0. The van der Waals surface area contributed by atoms with Crippen LogP contribution in [0.15, 0.2) is 79.1 Å².